The Morgan fingerprint density at radius 3 is 2.17 bits per heavy atom. The van der Waals surface area contributed by atoms with Crippen LogP contribution in [-0.4, -0.2) is 41.2 Å². The molecule has 0 saturated heterocycles. The number of ether oxygens (including phenoxy) is 1. The predicted octanol–water partition coefficient (Wildman–Crippen LogP) is 4.98. The molecular weight excluding hydrogens is 480 g/mol. The number of anilines is 2. The lowest BCUT2D eigenvalue weighted by molar-refractivity contribution is -0.146. The second-order valence-corrected chi connectivity index (χ2v) is 9.46. The van der Waals surface area contributed by atoms with E-state index in [0.717, 1.165) is 17.7 Å². The largest absolute Gasteiger partial charge is 0.481 e. The number of carboxylic acid groups (broad SMARTS) is 1. The molecule has 0 aromatic heterocycles. The summed E-state index contributed by atoms with van der Waals surface area (Å²) in [6.07, 6.45) is 6.15. The van der Waals surface area contributed by atoms with Gasteiger partial charge in [-0.15, -0.1) is 11.8 Å². The summed E-state index contributed by atoms with van der Waals surface area (Å²) in [4.78, 5) is 49.1. The topological polar surface area (TPSA) is 122 Å². The number of benzene rings is 2. The Labute approximate surface area is 214 Å². The maximum Gasteiger partial charge on any atom is 0.338 e. The van der Waals surface area contributed by atoms with Crippen LogP contribution in [0.5, 0.6) is 0 Å². The lowest BCUT2D eigenvalue weighted by atomic mass is 9.82. The van der Waals surface area contributed by atoms with Crippen LogP contribution < -0.4 is 10.6 Å². The molecule has 190 valence electrons. The van der Waals surface area contributed by atoms with Gasteiger partial charge in [-0.3, -0.25) is 14.4 Å². The van der Waals surface area contributed by atoms with E-state index in [9.17, 15) is 24.3 Å². The van der Waals surface area contributed by atoms with E-state index in [4.69, 9.17) is 4.74 Å². The minimum absolute atomic E-state index is 0.182. The minimum atomic E-state index is -0.967. The van der Waals surface area contributed by atoms with Crippen molar-refractivity contribution in [3.63, 3.8) is 0 Å². The Balaban J connectivity index is 1.45. The molecule has 0 heterocycles. The molecule has 0 spiro atoms. The average Bonchev–Trinajstić information content (AvgIpc) is 2.88. The van der Waals surface area contributed by atoms with E-state index in [1.807, 2.05) is 13.0 Å². The molecule has 2 amide bonds. The summed E-state index contributed by atoms with van der Waals surface area (Å²) in [5, 5.41) is 14.9. The third-order valence-electron chi connectivity index (χ3n) is 5.71. The minimum Gasteiger partial charge on any atom is -0.481 e. The predicted molar refractivity (Wildman–Crippen MR) is 139 cm³/mol. The van der Waals surface area contributed by atoms with Crippen molar-refractivity contribution in [2.24, 2.45) is 11.8 Å². The van der Waals surface area contributed by atoms with Crippen LogP contribution >= 0.6 is 11.8 Å². The van der Waals surface area contributed by atoms with Gasteiger partial charge in [-0.2, -0.15) is 0 Å². The summed E-state index contributed by atoms with van der Waals surface area (Å²) < 4.78 is 5.17. The van der Waals surface area contributed by atoms with Crippen molar-refractivity contribution >= 4 is 46.9 Å². The Kier molecular flexibility index (Phi) is 10.1. The number of hydrogen-bond donors (Lipinski definition) is 3. The molecule has 2 atom stereocenters. The van der Waals surface area contributed by atoms with Crippen molar-refractivity contribution in [2.75, 3.05) is 23.0 Å². The maximum atomic E-state index is 12.6. The van der Waals surface area contributed by atoms with Gasteiger partial charge in [-0.05, 0) is 67.8 Å². The van der Waals surface area contributed by atoms with E-state index in [0.29, 0.717) is 36.4 Å². The monoisotopic (exact) mass is 510 g/mol. The second kappa shape index (κ2) is 13.5. The number of allylic oxidation sites excluding steroid dienone is 2. The molecule has 0 saturated carbocycles. The molecule has 1 aliphatic carbocycles. The number of amides is 2. The van der Waals surface area contributed by atoms with Crippen molar-refractivity contribution < 1.29 is 29.0 Å². The summed E-state index contributed by atoms with van der Waals surface area (Å²) >= 11 is 1.34. The first-order valence-electron chi connectivity index (χ1n) is 11.9. The lowest BCUT2D eigenvalue weighted by Crippen LogP contribution is -2.34. The summed E-state index contributed by atoms with van der Waals surface area (Å²) in [6.45, 7) is 2.41. The highest BCUT2D eigenvalue weighted by atomic mass is 32.2. The van der Waals surface area contributed by atoms with E-state index < -0.39 is 17.8 Å². The molecule has 9 heteroatoms. The van der Waals surface area contributed by atoms with E-state index in [2.05, 4.69) is 10.6 Å². The van der Waals surface area contributed by atoms with Crippen molar-refractivity contribution in [1.82, 2.24) is 0 Å². The Morgan fingerprint density at radius 2 is 1.53 bits per heavy atom. The molecule has 36 heavy (non-hydrogen) atoms. The number of rotatable bonds is 11. The highest BCUT2D eigenvalue weighted by Gasteiger charge is 2.33. The van der Waals surface area contributed by atoms with Crippen LogP contribution in [0.15, 0.2) is 65.6 Å². The normalized spacial score (nSPS) is 16.7. The summed E-state index contributed by atoms with van der Waals surface area (Å²) in [5.41, 5.74) is 1.59. The Hall–Kier alpha value is -3.59. The molecule has 0 fully saturated rings. The fourth-order valence-corrected chi connectivity index (χ4v) is 4.37. The Bertz CT molecular complexity index is 1100. The van der Waals surface area contributed by atoms with Gasteiger partial charge < -0.3 is 20.5 Å². The zero-order chi connectivity index (χ0) is 25.9. The van der Waals surface area contributed by atoms with Crippen LogP contribution in [0.3, 0.4) is 0 Å². The van der Waals surface area contributed by atoms with Gasteiger partial charge in [0.15, 0.2) is 0 Å². The first-order valence-corrected chi connectivity index (χ1v) is 12.8. The molecule has 0 radical (unpaired) electrons. The standard InChI is InChI=1S/C27H30N2O6S/c1-2-3-16-35-27(34)18-8-10-19(11-9-18)28-24(30)17-36-21-14-12-20(13-15-21)29-25(31)22-6-4-5-7-23(22)26(32)33/h4-5,8-15,22-23H,2-3,6-7,16-17H2,1H3,(H,28,30)(H,29,31)(H,32,33). The SMILES string of the molecule is CCCCOC(=O)c1ccc(NC(=O)CSc2ccc(NC(=O)C3CC=CCC3C(=O)O)cc2)cc1. The lowest BCUT2D eigenvalue weighted by Gasteiger charge is -2.24. The second-order valence-electron chi connectivity index (χ2n) is 8.41. The first kappa shape index (κ1) is 27.0. The van der Waals surface area contributed by atoms with E-state index in [-0.39, 0.29) is 23.5 Å². The van der Waals surface area contributed by atoms with Crippen molar-refractivity contribution in [1.29, 1.82) is 0 Å². The quantitative estimate of drug-likeness (QED) is 0.169. The molecule has 2 aromatic rings. The van der Waals surface area contributed by atoms with Gasteiger partial charge in [0.1, 0.15) is 0 Å². The van der Waals surface area contributed by atoms with Gasteiger partial charge in [0, 0.05) is 16.3 Å². The van der Waals surface area contributed by atoms with Gasteiger partial charge in [0.05, 0.1) is 29.8 Å². The van der Waals surface area contributed by atoms with Crippen LogP contribution in [0.4, 0.5) is 11.4 Å². The van der Waals surface area contributed by atoms with Crippen molar-refractivity contribution in [3.05, 3.63) is 66.2 Å². The maximum absolute atomic E-state index is 12.6. The van der Waals surface area contributed by atoms with Crippen LogP contribution in [0.25, 0.3) is 0 Å². The summed E-state index contributed by atoms with van der Waals surface area (Å²) in [6, 6.07) is 13.6. The van der Waals surface area contributed by atoms with Gasteiger partial charge in [-0.1, -0.05) is 25.5 Å². The highest BCUT2D eigenvalue weighted by Crippen LogP contribution is 2.28. The number of carbonyl (C=O) groups is 4. The van der Waals surface area contributed by atoms with Crippen LogP contribution in [0.1, 0.15) is 43.0 Å². The van der Waals surface area contributed by atoms with Gasteiger partial charge in [-0.25, -0.2) is 4.79 Å². The fourth-order valence-electron chi connectivity index (χ4n) is 3.67. The third kappa shape index (κ3) is 7.98. The zero-order valence-electron chi connectivity index (χ0n) is 20.1. The number of aliphatic carboxylic acids is 1. The van der Waals surface area contributed by atoms with E-state index >= 15 is 0 Å². The number of nitrogens with one attached hydrogen (secondary N) is 2. The fraction of sp³-hybridized carbons (Fsp3) is 0.333. The van der Waals surface area contributed by atoms with E-state index in [1.165, 1.54) is 11.8 Å². The molecular formula is C27H30N2O6S. The zero-order valence-corrected chi connectivity index (χ0v) is 20.9. The molecule has 2 unspecified atom stereocenters. The van der Waals surface area contributed by atoms with E-state index in [1.54, 1.807) is 54.6 Å². The van der Waals surface area contributed by atoms with Gasteiger partial charge in [0.25, 0.3) is 0 Å². The number of esters is 1. The van der Waals surface area contributed by atoms with Gasteiger partial charge in [0.2, 0.25) is 11.8 Å². The molecule has 3 N–H and O–H groups in total. The third-order valence-corrected chi connectivity index (χ3v) is 6.73. The summed E-state index contributed by atoms with van der Waals surface area (Å²) in [7, 11) is 0. The smallest absolute Gasteiger partial charge is 0.338 e. The van der Waals surface area contributed by atoms with Crippen molar-refractivity contribution in [2.45, 2.75) is 37.5 Å². The van der Waals surface area contributed by atoms with Crippen LogP contribution in [0.2, 0.25) is 0 Å². The Morgan fingerprint density at radius 1 is 0.917 bits per heavy atom. The molecule has 1 aliphatic rings. The highest BCUT2D eigenvalue weighted by molar-refractivity contribution is 8.00. The number of carboxylic acids is 1. The molecule has 0 aliphatic heterocycles. The summed E-state index contributed by atoms with van der Waals surface area (Å²) in [5.74, 6) is -3.00. The van der Waals surface area contributed by atoms with Gasteiger partial charge >= 0.3 is 11.9 Å². The molecule has 3 rings (SSSR count). The molecule has 2 aromatic carbocycles. The number of hydrogen-bond acceptors (Lipinski definition) is 6. The number of unbranched alkanes of at least 4 members (excludes halogenated alkanes) is 1. The first-order chi connectivity index (χ1) is 17.4. The number of thioether (sulfide) groups is 1. The molecule has 0 bridgehead atoms. The van der Waals surface area contributed by atoms with Crippen molar-refractivity contribution in [3.8, 4) is 0 Å². The van der Waals surface area contributed by atoms with Crippen LogP contribution in [0, 0.1) is 11.8 Å². The molecule has 8 nitrogen and oxygen atoms in total. The average molecular weight is 511 g/mol. The van der Waals surface area contributed by atoms with Crippen LogP contribution in [-0.2, 0) is 19.1 Å². The number of carbonyl (C=O) groups excluding carboxylic acids is 3.